The molecule has 0 spiro atoms. The number of nitrogens with zero attached hydrogens (tertiary/aromatic N) is 2. The van der Waals surface area contributed by atoms with E-state index < -0.39 is 0 Å². The van der Waals surface area contributed by atoms with Crippen molar-refractivity contribution in [3.8, 4) is 0 Å². The minimum Gasteiger partial charge on any atom is -0.353 e. The van der Waals surface area contributed by atoms with E-state index >= 15 is 0 Å². The number of likely N-dealkylation sites (tertiary alicyclic amines) is 2. The van der Waals surface area contributed by atoms with E-state index in [4.69, 9.17) is 9.47 Å². The maximum atomic E-state index is 12.9. The molecule has 33 heavy (non-hydrogen) atoms. The maximum Gasteiger partial charge on any atom is 0.254 e. The number of hydrogen-bond donors (Lipinski definition) is 0. The highest BCUT2D eigenvalue weighted by Crippen LogP contribution is 2.22. The molecule has 6 nitrogen and oxygen atoms in total. The van der Waals surface area contributed by atoms with Crippen molar-refractivity contribution in [2.75, 3.05) is 33.1 Å². The second-order valence-electron chi connectivity index (χ2n) is 9.18. The Kier molecular flexibility index (Phi) is 7.78. The molecule has 2 aromatic carbocycles. The molecule has 176 valence electrons. The summed E-state index contributed by atoms with van der Waals surface area (Å²) in [6.45, 7) is 6.67. The van der Waals surface area contributed by atoms with Crippen molar-refractivity contribution in [3.05, 3.63) is 70.8 Å². The van der Waals surface area contributed by atoms with Crippen molar-refractivity contribution in [3.63, 3.8) is 0 Å². The first-order chi connectivity index (χ1) is 16.0. The molecule has 0 saturated carbocycles. The third-order valence-electron chi connectivity index (χ3n) is 6.66. The Balaban J connectivity index is 1.21. The molecule has 6 heteroatoms. The van der Waals surface area contributed by atoms with Gasteiger partial charge in [0.2, 0.25) is 0 Å². The summed E-state index contributed by atoms with van der Waals surface area (Å²) in [5.74, 6) is 0.136. The SMILES string of the molecule is Cc1ccc(C(=O)N2CCC[C@H]2COCOC[C@@H]2CCCN2C(=O)c2ccc(C)cc2)cc1. The fraction of sp³-hybridized carbons (Fsp3) is 0.481. The zero-order valence-corrected chi connectivity index (χ0v) is 19.7. The molecule has 0 radical (unpaired) electrons. The van der Waals surface area contributed by atoms with Crippen molar-refractivity contribution in [1.29, 1.82) is 0 Å². The van der Waals surface area contributed by atoms with Gasteiger partial charge in [-0.25, -0.2) is 0 Å². The van der Waals surface area contributed by atoms with Crippen LogP contribution < -0.4 is 0 Å². The number of hydrogen-bond acceptors (Lipinski definition) is 4. The smallest absolute Gasteiger partial charge is 0.254 e. The molecule has 0 aliphatic carbocycles. The molecule has 2 saturated heterocycles. The van der Waals surface area contributed by atoms with Gasteiger partial charge in [0.1, 0.15) is 6.79 Å². The van der Waals surface area contributed by atoms with Gasteiger partial charge in [-0.05, 0) is 63.8 Å². The molecule has 0 unspecified atom stereocenters. The minimum absolute atomic E-state index is 0.0678. The zero-order chi connectivity index (χ0) is 23.2. The van der Waals surface area contributed by atoms with Crippen molar-refractivity contribution < 1.29 is 19.1 Å². The average molecular weight is 451 g/mol. The molecule has 4 rings (SSSR count). The lowest BCUT2D eigenvalue weighted by Gasteiger charge is -2.26. The summed E-state index contributed by atoms with van der Waals surface area (Å²) < 4.78 is 11.6. The van der Waals surface area contributed by atoms with Gasteiger partial charge in [-0.1, -0.05) is 35.4 Å². The highest BCUT2D eigenvalue weighted by Gasteiger charge is 2.31. The van der Waals surface area contributed by atoms with Crippen LogP contribution in [0.5, 0.6) is 0 Å². The van der Waals surface area contributed by atoms with Gasteiger partial charge in [-0.2, -0.15) is 0 Å². The summed E-state index contributed by atoms with van der Waals surface area (Å²) in [4.78, 5) is 29.6. The number of carbonyl (C=O) groups is 2. The Morgan fingerprint density at radius 1 is 0.727 bits per heavy atom. The molecule has 2 fully saturated rings. The first-order valence-electron chi connectivity index (χ1n) is 11.9. The van der Waals surface area contributed by atoms with E-state index in [0.717, 1.165) is 61.0 Å². The van der Waals surface area contributed by atoms with E-state index in [2.05, 4.69) is 0 Å². The van der Waals surface area contributed by atoms with Crippen LogP contribution >= 0.6 is 0 Å². The van der Waals surface area contributed by atoms with Gasteiger partial charge in [-0.15, -0.1) is 0 Å². The normalized spacial score (nSPS) is 20.4. The molecule has 2 aliphatic rings. The summed E-state index contributed by atoms with van der Waals surface area (Å²) in [6, 6.07) is 15.6. The molecular weight excluding hydrogens is 416 g/mol. The number of rotatable bonds is 8. The summed E-state index contributed by atoms with van der Waals surface area (Å²) >= 11 is 0. The van der Waals surface area contributed by atoms with Crippen LogP contribution in [0, 0.1) is 13.8 Å². The highest BCUT2D eigenvalue weighted by atomic mass is 16.7. The second kappa shape index (κ2) is 10.9. The predicted molar refractivity (Wildman–Crippen MR) is 127 cm³/mol. The molecule has 2 aromatic rings. The third-order valence-corrected chi connectivity index (χ3v) is 6.66. The third kappa shape index (κ3) is 5.81. The van der Waals surface area contributed by atoms with Crippen LogP contribution in [-0.4, -0.2) is 66.8 Å². The van der Waals surface area contributed by atoms with Crippen molar-refractivity contribution in [1.82, 2.24) is 9.80 Å². The maximum absolute atomic E-state index is 12.9. The summed E-state index contributed by atoms with van der Waals surface area (Å²) in [7, 11) is 0. The molecule has 2 aliphatic heterocycles. The Labute approximate surface area is 196 Å². The number of ether oxygens (including phenoxy) is 2. The van der Waals surface area contributed by atoms with Gasteiger partial charge >= 0.3 is 0 Å². The van der Waals surface area contributed by atoms with Gasteiger partial charge in [0.25, 0.3) is 11.8 Å². The zero-order valence-electron chi connectivity index (χ0n) is 19.7. The van der Waals surface area contributed by atoms with Crippen LogP contribution in [0.15, 0.2) is 48.5 Å². The fourth-order valence-corrected chi connectivity index (χ4v) is 4.70. The first-order valence-corrected chi connectivity index (χ1v) is 11.9. The van der Waals surface area contributed by atoms with Crippen LogP contribution in [0.2, 0.25) is 0 Å². The van der Waals surface area contributed by atoms with Gasteiger partial charge in [-0.3, -0.25) is 9.59 Å². The molecule has 0 bridgehead atoms. The Morgan fingerprint density at radius 3 is 1.52 bits per heavy atom. The standard InChI is InChI=1S/C27H34N2O4/c1-20-7-11-22(12-8-20)26(30)28-15-3-5-24(28)17-32-19-33-18-25-6-4-16-29(25)27(31)23-13-9-21(2)10-14-23/h7-14,24-25H,3-6,15-19H2,1-2H3/t24-,25-/m0/s1. The van der Waals surface area contributed by atoms with Gasteiger partial charge < -0.3 is 19.3 Å². The minimum atomic E-state index is 0.0678. The van der Waals surface area contributed by atoms with E-state index in [1.54, 1.807) is 0 Å². The molecule has 2 amide bonds. The van der Waals surface area contributed by atoms with Gasteiger partial charge in [0.05, 0.1) is 25.3 Å². The van der Waals surface area contributed by atoms with E-state index in [0.29, 0.717) is 13.2 Å². The molecule has 2 atom stereocenters. The Hall–Kier alpha value is -2.70. The Bertz CT molecular complexity index is 864. The lowest BCUT2D eigenvalue weighted by Crippen LogP contribution is -2.39. The molecular formula is C27H34N2O4. The number of aryl methyl sites for hydroxylation is 2. The second-order valence-corrected chi connectivity index (χ2v) is 9.18. The van der Waals surface area contributed by atoms with E-state index in [9.17, 15) is 9.59 Å². The summed E-state index contributed by atoms with van der Waals surface area (Å²) in [6.07, 6.45) is 3.87. The molecule has 2 heterocycles. The highest BCUT2D eigenvalue weighted by molar-refractivity contribution is 5.95. The lowest BCUT2D eigenvalue weighted by atomic mass is 10.1. The van der Waals surface area contributed by atoms with E-state index in [1.165, 1.54) is 0 Å². The summed E-state index contributed by atoms with van der Waals surface area (Å²) in [5.41, 5.74) is 3.74. The molecule has 0 aromatic heterocycles. The fourth-order valence-electron chi connectivity index (χ4n) is 4.70. The monoisotopic (exact) mass is 450 g/mol. The van der Waals surface area contributed by atoms with Crippen LogP contribution in [0.3, 0.4) is 0 Å². The predicted octanol–water partition coefficient (Wildman–Crippen LogP) is 4.20. The first kappa shape index (κ1) is 23.5. The van der Waals surface area contributed by atoms with E-state index in [-0.39, 0.29) is 30.7 Å². The van der Waals surface area contributed by atoms with Gasteiger partial charge in [0, 0.05) is 24.2 Å². The van der Waals surface area contributed by atoms with Crippen LogP contribution in [0.25, 0.3) is 0 Å². The van der Waals surface area contributed by atoms with Crippen LogP contribution in [0.4, 0.5) is 0 Å². The Morgan fingerprint density at radius 2 is 1.12 bits per heavy atom. The topological polar surface area (TPSA) is 59.1 Å². The number of carbonyl (C=O) groups excluding carboxylic acids is 2. The molecule has 0 N–H and O–H groups in total. The number of benzene rings is 2. The van der Waals surface area contributed by atoms with Crippen molar-refractivity contribution >= 4 is 11.8 Å². The van der Waals surface area contributed by atoms with Crippen molar-refractivity contribution in [2.45, 2.75) is 51.6 Å². The average Bonchev–Trinajstić information content (AvgIpc) is 3.48. The van der Waals surface area contributed by atoms with Gasteiger partial charge in [0.15, 0.2) is 0 Å². The summed E-state index contributed by atoms with van der Waals surface area (Å²) in [5, 5.41) is 0. The largest absolute Gasteiger partial charge is 0.353 e. The van der Waals surface area contributed by atoms with E-state index in [1.807, 2.05) is 72.2 Å². The van der Waals surface area contributed by atoms with Crippen LogP contribution in [0.1, 0.15) is 57.5 Å². The van der Waals surface area contributed by atoms with Crippen LogP contribution in [-0.2, 0) is 9.47 Å². The quantitative estimate of drug-likeness (QED) is 0.447. The number of amides is 2. The van der Waals surface area contributed by atoms with Crippen molar-refractivity contribution in [2.24, 2.45) is 0 Å². The lowest BCUT2D eigenvalue weighted by molar-refractivity contribution is -0.0748.